The van der Waals surface area contributed by atoms with E-state index < -0.39 is 12.1 Å². The van der Waals surface area contributed by atoms with E-state index in [-0.39, 0.29) is 5.91 Å². The van der Waals surface area contributed by atoms with Crippen molar-refractivity contribution in [2.24, 2.45) is 0 Å². The van der Waals surface area contributed by atoms with Gasteiger partial charge in [0.25, 0.3) is 5.91 Å². The van der Waals surface area contributed by atoms with Gasteiger partial charge in [0.05, 0.1) is 6.04 Å². The van der Waals surface area contributed by atoms with Crippen LogP contribution in [0.2, 0.25) is 10.0 Å². The van der Waals surface area contributed by atoms with Gasteiger partial charge in [-0.3, -0.25) is 4.79 Å². The molecule has 7 heteroatoms. The molecule has 3 N–H and O–H groups in total. The van der Waals surface area contributed by atoms with Crippen LogP contribution < -0.4 is 10.6 Å². The summed E-state index contributed by atoms with van der Waals surface area (Å²) in [6, 6.07) is 14.4. The van der Waals surface area contributed by atoms with Crippen LogP contribution in [0, 0.1) is 0 Å². The fourth-order valence-electron chi connectivity index (χ4n) is 3.35. The van der Waals surface area contributed by atoms with Gasteiger partial charge in [-0.15, -0.1) is 0 Å². The number of halogens is 2. The van der Waals surface area contributed by atoms with Gasteiger partial charge in [0, 0.05) is 36.2 Å². The third-order valence-electron chi connectivity index (χ3n) is 4.90. The maximum absolute atomic E-state index is 12.8. The van der Waals surface area contributed by atoms with E-state index in [1.807, 2.05) is 36.4 Å². The zero-order valence-corrected chi connectivity index (χ0v) is 17.1. The monoisotopic (exact) mass is 421 g/mol. The van der Waals surface area contributed by atoms with E-state index in [1.54, 1.807) is 17.0 Å². The van der Waals surface area contributed by atoms with Crippen molar-refractivity contribution < 1.29 is 9.90 Å². The molecule has 150 valence electrons. The Morgan fingerprint density at radius 3 is 2.50 bits per heavy atom. The Hall–Kier alpha value is -1.63. The Morgan fingerprint density at radius 2 is 1.82 bits per heavy atom. The predicted molar refractivity (Wildman–Crippen MR) is 113 cm³/mol. The minimum atomic E-state index is -1.18. The summed E-state index contributed by atoms with van der Waals surface area (Å²) in [6.07, 6.45) is -0.426. The van der Waals surface area contributed by atoms with Gasteiger partial charge in [-0.2, -0.15) is 0 Å². The number of amides is 1. The molecule has 5 nitrogen and oxygen atoms in total. The number of nitrogens with one attached hydrogen (secondary N) is 2. The van der Waals surface area contributed by atoms with Gasteiger partial charge in [-0.05, 0) is 48.4 Å². The van der Waals surface area contributed by atoms with E-state index in [0.717, 1.165) is 30.6 Å². The summed E-state index contributed by atoms with van der Waals surface area (Å²) in [4.78, 5) is 14.5. The number of benzene rings is 2. The molecule has 1 amide bonds. The lowest BCUT2D eigenvalue weighted by Crippen LogP contribution is -2.52. The van der Waals surface area contributed by atoms with E-state index in [4.69, 9.17) is 23.2 Å². The highest BCUT2D eigenvalue weighted by molar-refractivity contribution is 6.30. The second-order valence-corrected chi connectivity index (χ2v) is 7.76. The number of rotatable bonds is 7. The van der Waals surface area contributed by atoms with Crippen molar-refractivity contribution in [3.05, 3.63) is 69.7 Å². The number of carbonyl (C=O) groups excluding carboxylic acids is 1. The molecule has 3 rings (SSSR count). The van der Waals surface area contributed by atoms with Crippen LogP contribution in [0.1, 0.15) is 17.2 Å². The van der Waals surface area contributed by atoms with E-state index >= 15 is 0 Å². The largest absolute Gasteiger partial charge is 0.381 e. The standard InChI is InChI=1S/C21H25Cl2N3O2/c22-17-6-4-15(5-7-17)8-9-25-19(16-2-1-3-18(23)14-16)20(27)21(28)26-12-10-24-11-13-26/h1-7,14,19-20,24-25,27H,8-13H2. The van der Waals surface area contributed by atoms with Crippen molar-refractivity contribution >= 4 is 29.1 Å². The zero-order chi connectivity index (χ0) is 19.9. The van der Waals surface area contributed by atoms with Crippen molar-refractivity contribution in [2.45, 2.75) is 18.6 Å². The lowest BCUT2D eigenvalue weighted by Gasteiger charge is -2.32. The number of aliphatic hydroxyl groups is 1. The first kappa shape index (κ1) is 21.1. The molecule has 1 fully saturated rings. The molecule has 0 aliphatic carbocycles. The lowest BCUT2D eigenvalue weighted by atomic mass is 9.99. The molecular formula is C21H25Cl2N3O2. The fourth-order valence-corrected chi connectivity index (χ4v) is 3.67. The third-order valence-corrected chi connectivity index (χ3v) is 5.38. The van der Waals surface area contributed by atoms with E-state index in [0.29, 0.717) is 29.7 Å². The Bertz CT molecular complexity index is 779. The van der Waals surface area contributed by atoms with Crippen LogP contribution in [0.5, 0.6) is 0 Å². The third kappa shape index (κ3) is 5.69. The van der Waals surface area contributed by atoms with Crippen molar-refractivity contribution in [3.63, 3.8) is 0 Å². The van der Waals surface area contributed by atoms with Gasteiger partial charge >= 0.3 is 0 Å². The normalized spacial score (nSPS) is 16.6. The molecule has 0 aromatic heterocycles. The number of hydrogen-bond donors (Lipinski definition) is 3. The molecular weight excluding hydrogens is 397 g/mol. The van der Waals surface area contributed by atoms with E-state index in [2.05, 4.69) is 10.6 Å². The van der Waals surface area contributed by atoms with Gasteiger partial charge in [-0.25, -0.2) is 0 Å². The summed E-state index contributed by atoms with van der Waals surface area (Å²) >= 11 is 12.1. The molecule has 0 spiro atoms. The number of carbonyl (C=O) groups is 1. The summed E-state index contributed by atoms with van der Waals surface area (Å²) in [5.41, 5.74) is 1.92. The second-order valence-electron chi connectivity index (χ2n) is 6.88. The predicted octanol–water partition coefficient (Wildman–Crippen LogP) is 2.66. The van der Waals surface area contributed by atoms with Gasteiger partial charge in [0.1, 0.15) is 0 Å². The molecule has 0 radical (unpaired) electrons. The Labute approximate surface area is 175 Å². The maximum atomic E-state index is 12.8. The minimum Gasteiger partial charge on any atom is -0.381 e. The molecule has 0 bridgehead atoms. The first-order chi connectivity index (χ1) is 13.5. The van der Waals surface area contributed by atoms with Crippen LogP contribution in [-0.4, -0.2) is 54.7 Å². The smallest absolute Gasteiger partial charge is 0.253 e. The average molecular weight is 422 g/mol. The minimum absolute atomic E-state index is 0.259. The van der Waals surface area contributed by atoms with Crippen molar-refractivity contribution in [1.82, 2.24) is 15.5 Å². The quantitative estimate of drug-likeness (QED) is 0.642. The van der Waals surface area contributed by atoms with Crippen LogP contribution in [0.3, 0.4) is 0 Å². The number of piperazine rings is 1. The number of nitrogens with zero attached hydrogens (tertiary/aromatic N) is 1. The highest BCUT2D eigenvalue weighted by Crippen LogP contribution is 2.22. The van der Waals surface area contributed by atoms with Crippen LogP contribution in [-0.2, 0) is 11.2 Å². The molecule has 2 aromatic carbocycles. The SMILES string of the molecule is O=C(C(O)C(NCCc1ccc(Cl)cc1)c1cccc(Cl)c1)N1CCNCC1. The van der Waals surface area contributed by atoms with Crippen molar-refractivity contribution in [3.8, 4) is 0 Å². The molecule has 28 heavy (non-hydrogen) atoms. The second kappa shape index (κ2) is 10.2. The van der Waals surface area contributed by atoms with Gasteiger partial charge in [-0.1, -0.05) is 47.5 Å². The molecule has 2 unspecified atom stereocenters. The summed E-state index contributed by atoms with van der Waals surface area (Å²) < 4.78 is 0. The summed E-state index contributed by atoms with van der Waals surface area (Å²) in [7, 11) is 0. The van der Waals surface area contributed by atoms with E-state index in [9.17, 15) is 9.90 Å². The zero-order valence-electron chi connectivity index (χ0n) is 15.6. The van der Waals surface area contributed by atoms with Crippen LogP contribution in [0.25, 0.3) is 0 Å². The molecule has 2 aromatic rings. The number of hydrogen-bond acceptors (Lipinski definition) is 4. The number of aliphatic hydroxyl groups excluding tert-OH is 1. The molecule has 1 aliphatic rings. The molecule has 1 heterocycles. The van der Waals surface area contributed by atoms with Gasteiger partial charge < -0.3 is 20.6 Å². The van der Waals surface area contributed by atoms with Crippen LogP contribution in [0.15, 0.2) is 48.5 Å². The fraction of sp³-hybridized carbons (Fsp3) is 0.381. The molecule has 0 saturated carbocycles. The molecule has 1 saturated heterocycles. The highest BCUT2D eigenvalue weighted by atomic mass is 35.5. The lowest BCUT2D eigenvalue weighted by molar-refractivity contribution is -0.142. The Balaban J connectivity index is 1.70. The molecule has 1 aliphatic heterocycles. The first-order valence-electron chi connectivity index (χ1n) is 9.45. The summed E-state index contributed by atoms with van der Waals surface area (Å²) in [5, 5.41) is 18.7. The summed E-state index contributed by atoms with van der Waals surface area (Å²) in [6.45, 7) is 3.28. The highest BCUT2D eigenvalue weighted by Gasteiger charge is 2.31. The van der Waals surface area contributed by atoms with Gasteiger partial charge in [0.2, 0.25) is 0 Å². The Kier molecular flexibility index (Phi) is 7.71. The van der Waals surface area contributed by atoms with Crippen molar-refractivity contribution in [1.29, 1.82) is 0 Å². The average Bonchev–Trinajstić information content (AvgIpc) is 2.72. The molecule has 2 atom stereocenters. The first-order valence-corrected chi connectivity index (χ1v) is 10.2. The van der Waals surface area contributed by atoms with E-state index in [1.165, 1.54) is 0 Å². The van der Waals surface area contributed by atoms with Crippen LogP contribution >= 0.6 is 23.2 Å². The van der Waals surface area contributed by atoms with Gasteiger partial charge in [0.15, 0.2) is 6.10 Å². The Morgan fingerprint density at radius 1 is 1.11 bits per heavy atom. The van der Waals surface area contributed by atoms with Crippen molar-refractivity contribution in [2.75, 3.05) is 32.7 Å². The summed E-state index contributed by atoms with van der Waals surface area (Å²) in [5.74, 6) is -0.259. The topological polar surface area (TPSA) is 64.6 Å². The maximum Gasteiger partial charge on any atom is 0.253 e. The van der Waals surface area contributed by atoms with Crippen LogP contribution in [0.4, 0.5) is 0 Å².